The minimum absolute atomic E-state index is 0.00945. The van der Waals surface area contributed by atoms with Gasteiger partial charge < -0.3 is 20.3 Å². The zero-order valence-electron chi connectivity index (χ0n) is 16.4. The van der Waals surface area contributed by atoms with Crippen molar-refractivity contribution < 1.29 is 37.7 Å². The number of rotatable bonds is 4. The summed E-state index contributed by atoms with van der Waals surface area (Å²) in [7, 11) is 0. The number of carboxylic acid groups (broad SMARTS) is 1. The number of amides is 1. The molecule has 172 valence electrons. The second kappa shape index (κ2) is 8.00. The molecule has 8 nitrogen and oxygen atoms in total. The van der Waals surface area contributed by atoms with Gasteiger partial charge in [-0.05, 0) is 29.8 Å². The summed E-state index contributed by atoms with van der Waals surface area (Å²) in [5.41, 5.74) is -2.06. The highest BCUT2D eigenvalue weighted by atomic mass is 35.5. The van der Waals surface area contributed by atoms with E-state index in [0.29, 0.717) is 5.56 Å². The number of halogens is 4. The first-order valence-electron chi connectivity index (χ1n) is 9.40. The molecular formula is C21H14ClF3N2O6. The Bertz CT molecular complexity index is 1350. The van der Waals surface area contributed by atoms with E-state index in [1.54, 1.807) is 0 Å². The number of alkyl halides is 3. The topological polar surface area (TPSA) is 118 Å². The Morgan fingerprint density at radius 3 is 2.45 bits per heavy atom. The van der Waals surface area contributed by atoms with Gasteiger partial charge >= 0.3 is 12.1 Å². The fourth-order valence-electron chi connectivity index (χ4n) is 3.62. The molecule has 0 radical (unpaired) electrons. The number of nitrogens with zero attached hydrogens (tertiary/aromatic N) is 1. The van der Waals surface area contributed by atoms with Crippen LogP contribution in [-0.2, 0) is 17.5 Å². The number of aromatic hydroxyl groups is 1. The standard InChI is InChI=1S/C21H14ClF3N2O6/c22-12-6-5-11-16-18(12)33-13(9-1-3-10(4-2-9)21(23,24)25)8-27(16)20(32)15(17(11)30)19(31)26-7-14(28)29/h1-6,13,30H,7-8H2,(H,26,31)(H,28,29). The number of benzene rings is 2. The molecule has 2 heterocycles. The molecule has 0 fully saturated rings. The summed E-state index contributed by atoms with van der Waals surface area (Å²) < 4.78 is 45.7. The van der Waals surface area contributed by atoms with Gasteiger partial charge in [-0.25, -0.2) is 0 Å². The second-order valence-corrected chi connectivity index (χ2v) is 7.62. The summed E-state index contributed by atoms with van der Waals surface area (Å²) in [6.45, 7) is -0.980. The van der Waals surface area contributed by atoms with E-state index in [1.165, 1.54) is 24.3 Å². The SMILES string of the molecule is O=C(O)CNC(=O)c1c(O)c2ccc(Cl)c3c2n(c1=O)CC(c1ccc(C(F)(F)F)cc1)O3. The second-order valence-electron chi connectivity index (χ2n) is 7.21. The maximum atomic E-state index is 13.1. The highest BCUT2D eigenvalue weighted by Crippen LogP contribution is 2.43. The van der Waals surface area contributed by atoms with Crippen LogP contribution in [-0.4, -0.2) is 33.2 Å². The fraction of sp³-hybridized carbons (Fsp3) is 0.190. The molecule has 1 amide bonds. The zero-order valence-corrected chi connectivity index (χ0v) is 17.2. The van der Waals surface area contributed by atoms with Crippen LogP contribution in [0.2, 0.25) is 5.02 Å². The molecule has 0 saturated heterocycles. The summed E-state index contributed by atoms with van der Waals surface area (Å²) in [5.74, 6) is -3.12. The van der Waals surface area contributed by atoms with Crippen LogP contribution in [0.5, 0.6) is 11.5 Å². The van der Waals surface area contributed by atoms with Gasteiger partial charge in [-0.15, -0.1) is 0 Å². The van der Waals surface area contributed by atoms with Crippen LogP contribution in [0, 0.1) is 0 Å². The molecule has 33 heavy (non-hydrogen) atoms. The maximum Gasteiger partial charge on any atom is 0.416 e. The summed E-state index contributed by atoms with van der Waals surface area (Å²) in [5, 5.41) is 21.5. The minimum atomic E-state index is -4.53. The molecule has 1 atom stereocenters. The van der Waals surface area contributed by atoms with Gasteiger partial charge in [0.15, 0.2) is 5.75 Å². The van der Waals surface area contributed by atoms with Gasteiger partial charge in [0.25, 0.3) is 11.5 Å². The number of hydrogen-bond acceptors (Lipinski definition) is 5. The van der Waals surface area contributed by atoms with E-state index >= 15 is 0 Å². The Morgan fingerprint density at radius 2 is 1.85 bits per heavy atom. The molecule has 0 saturated carbocycles. The summed E-state index contributed by atoms with van der Waals surface area (Å²) in [4.78, 5) is 36.3. The van der Waals surface area contributed by atoms with Crippen LogP contribution in [0.3, 0.4) is 0 Å². The van der Waals surface area contributed by atoms with E-state index in [2.05, 4.69) is 0 Å². The minimum Gasteiger partial charge on any atom is -0.506 e. The van der Waals surface area contributed by atoms with Crippen molar-refractivity contribution in [2.75, 3.05) is 6.54 Å². The molecular weight excluding hydrogens is 469 g/mol. The van der Waals surface area contributed by atoms with Crippen LogP contribution in [0.1, 0.15) is 27.6 Å². The van der Waals surface area contributed by atoms with Crippen molar-refractivity contribution in [1.82, 2.24) is 9.88 Å². The average molecular weight is 483 g/mol. The van der Waals surface area contributed by atoms with Crippen molar-refractivity contribution in [2.24, 2.45) is 0 Å². The smallest absolute Gasteiger partial charge is 0.416 e. The van der Waals surface area contributed by atoms with Crippen molar-refractivity contribution in [3.05, 3.63) is 68.5 Å². The van der Waals surface area contributed by atoms with Crippen LogP contribution >= 0.6 is 11.6 Å². The normalized spacial score (nSPS) is 15.2. The number of carboxylic acids is 1. The molecule has 0 spiro atoms. The molecule has 2 aromatic carbocycles. The lowest BCUT2D eigenvalue weighted by molar-refractivity contribution is -0.138. The zero-order chi connectivity index (χ0) is 24.1. The highest BCUT2D eigenvalue weighted by molar-refractivity contribution is 6.33. The molecule has 1 aliphatic heterocycles. The fourth-order valence-corrected chi connectivity index (χ4v) is 3.82. The van der Waals surface area contributed by atoms with E-state index in [0.717, 1.165) is 16.7 Å². The number of ether oxygens (including phenoxy) is 1. The Kier molecular flexibility index (Phi) is 5.44. The molecule has 3 aromatic rings. The third kappa shape index (κ3) is 3.95. The van der Waals surface area contributed by atoms with E-state index in [4.69, 9.17) is 21.4 Å². The van der Waals surface area contributed by atoms with Crippen LogP contribution in [0.25, 0.3) is 10.9 Å². The Balaban J connectivity index is 1.84. The predicted octanol–water partition coefficient (Wildman–Crippen LogP) is 3.33. The first-order chi connectivity index (χ1) is 15.5. The lowest BCUT2D eigenvalue weighted by Crippen LogP contribution is -2.38. The Morgan fingerprint density at radius 1 is 1.18 bits per heavy atom. The van der Waals surface area contributed by atoms with E-state index in [-0.39, 0.29) is 28.2 Å². The number of carbonyl (C=O) groups excluding carboxylic acids is 1. The lowest BCUT2D eigenvalue weighted by atomic mass is 10.0. The van der Waals surface area contributed by atoms with Crippen molar-refractivity contribution >= 4 is 34.4 Å². The monoisotopic (exact) mass is 482 g/mol. The molecule has 0 aliphatic carbocycles. The van der Waals surface area contributed by atoms with Gasteiger partial charge in [-0.3, -0.25) is 19.0 Å². The maximum absolute atomic E-state index is 13.1. The summed E-state index contributed by atoms with van der Waals surface area (Å²) in [6.07, 6.45) is -5.46. The number of aliphatic carboxylic acids is 1. The Labute approximate surface area is 187 Å². The quantitative estimate of drug-likeness (QED) is 0.525. The first kappa shape index (κ1) is 22.5. The van der Waals surface area contributed by atoms with Gasteiger partial charge in [0.2, 0.25) is 0 Å². The molecule has 1 unspecified atom stereocenters. The van der Waals surface area contributed by atoms with Crippen LogP contribution < -0.4 is 15.6 Å². The first-order valence-corrected chi connectivity index (χ1v) is 9.78. The van der Waals surface area contributed by atoms with Crippen LogP contribution in [0.4, 0.5) is 13.2 Å². The van der Waals surface area contributed by atoms with Gasteiger partial charge in [-0.2, -0.15) is 13.2 Å². The molecule has 4 rings (SSSR count). The summed E-state index contributed by atoms with van der Waals surface area (Å²) in [6, 6.07) is 6.89. The van der Waals surface area contributed by atoms with E-state index in [9.17, 15) is 32.7 Å². The number of pyridine rings is 1. The van der Waals surface area contributed by atoms with E-state index in [1.807, 2.05) is 5.32 Å². The molecule has 0 bridgehead atoms. The molecule has 12 heteroatoms. The third-order valence-corrected chi connectivity index (χ3v) is 5.45. The number of hydrogen-bond donors (Lipinski definition) is 3. The van der Waals surface area contributed by atoms with Gasteiger partial charge in [-0.1, -0.05) is 23.7 Å². The summed E-state index contributed by atoms with van der Waals surface area (Å²) >= 11 is 6.22. The van der Waals surface area contributed by atoms with Crippen molar-refractivity contribution in [3.63, 3.8) is 0 Å². The average Bonchev–Trinajstić information content (AvgIpc) is 2.76. The Hall–Kier alpha value is -3.73. The number of aromatic nitrogens is 1. The predicted molar refractivity (Wildman–Crippen MR) is 110 cm³/mol. The number of nitrogens with one attached hydrogen (secondary N) is 1. The van der Waals surface area contributed by atoms with E-state index < -0.39 is 53.1 Å². The molecule has 1 aliphatic rings. The van der Waals surface area contributed by atoms with Gasteiger partial charge in [0.1, 0.15) is 24.0 Å². The largest absolute Gasteiger partial charge is 0.506 e. The number of carbonyl (C=O) groups is 2. The molecule has 3 N–H and O–H groups in total. The third-order valence-electron chi connectivity index (χ3n) is 5.15. The molecule has 1 aromatic heterocycles. The van der Waals surface area contributed by atoms with Crippen LogP contribution in [0.15, 0.2) is 41.2 Å². The van der Waals surface area contributed by atoms with Crippen molar-refractivity contribution in [2.45, 2.75) is 18.8 Å². The van der Waals surface area contributed by atoms with Crippen molar-refractivity contribution in [3.8, 4) is 11.5 Å². The highest BCUT2D eigenvalue weighted by Gasteiger charge is 2.33. The van der Waals surface area contributed by atoms with Gasteiger partial charge in [0.05, 0.1) is 22.6 Å². The van der Waals surface area contributed by atoms with Crippen molar-refractivity contribution in [1.29, 1.82) is 0 Å². The lowest BCUT2D eigenvalue weighted by Gasteiger charge is -2.29. The van der Waals surface area contributed by atoms with Gasteiger partial charge in [0, 0.05) is 5.39 Å².